The molecule has 0 aliphatic rings. The molecular weight excluding hydrogens is 526 g/mol. The monoisotopic (exact) mass is 546 g/mol. The van der Waals surface area contributed by atoms with E-state index < -0.39 is 27.6 Å². The molecule has 4 rings (SSSR count). The van der Waals surface area contributed by atoms with Crippen molar-refractivity contribution in [2.75, 3.05) is 18.4 Å². The molecule has 1 heterocycles. The number of nitrogens with one attached hydrogen (secondary N) is 1. The van der Waals surface area contributed by atoms with E-state index in [4.69, 9.17) is 16.3 Å². The molecule has 0 aliphatic carbocycles. The quantitative estimate of drug-likeness (QED) is 0.332. The highest BCUT2D eigenvalue weighted by atomic mass is 35.5. The Morgan fingerprint density at radius 3 is 2.62 bits per heavy atom. The molecule has 0 bridgehead atoms. The number of fused-ring (bicyclic) bond motifs is 1. The van der Waals surface area contributed by atoms with Gasteiger partial charge in [-0.2, -0.15) is 0 Å². The molecule has 1 amide bonds. The molecule has 1 aromatic heterocycles. The number of aromatic nitrogens is 2. The highest BCUT2D eigenvalue weighted by Crippen LogP contribution is 2.29. The Labute approximate surface area is 216 Å². The summed E-state index contributed by atoms with van der Waals surface area (Å²) >= 11 is 6.11. The minimum absolute atomic E-state index is 0.0236. The standard InChI is InChI=1S/C25H21ClF2N4O4S/c1-3-36-22-13-16(27)12-19(28)18(22)14-32(2)25(33)17-8-7-15(26)11-21(17)31-37(34,35)23-6-4-5-20-24(23)30-10-9-29-20/h4-13,31H,3,14H2,1-2H3. The third-order valence-corrected chi connectivity index (χ3v) is 7.00. The van der Waals surface area contributed by atoms with Crippen molar-refractivity contribution >= 4 is 44.3 Å². The second-order valence-corrected chi connectivity index (χ2v) is 10.0. The summed E-state index contributed by atoms with van der Waals surface area (Å²) in [6, 6.07) is 10.3. The number of nitrogens with zero attached hydrogens (tertiary/aromatic N) is 3. The lowest BCUT2D eigenvalue weighted by molar-refractivity contribution is 0.0783. The molecule has 12 heteroatoms. The third kappa shape index (κ3) is 5.62. The Morgan fingerprint density at radius 2 is 1.86 bits per heavy atom. The molecule has 3 aromatic carbocycles. The number of ether oxygens (including phenoxy) is 1. The number of carbonyl (C=O) groups excluding carboxylic acids is 1. The summed E-state index contributed by atoms with van der Waals surface area (Å²) in [5.41, 5.74) is 0.375. The minimum atomic E-state index is -4.23. The van der Waals surface area contributed by atoms with Gasteiger partial charge >= 0.3 is 0 Å². The average Bonchev–Trinajstić information content (AvgIpc) is 2.85. The van der Waals surface area contributed by atoms with Gasteiger partial charge < -0.3 is 9.64 Å². The number of carbonyl (C=O) groups is 1. The molecule has 0 aliphatic heterocycles. The van der Waals surface area contributed by atoms with Crippen molar-refractivity contribution in [1.82, 2.24) is 14.9 Å². The van der Waals surface area contributed by atoms with Crippen LogP contribution in [-0.2, 0) is 16.6 Å². The fourth-order valence-electron chi connectivity index (χ4n) is 3.70. The maximum Gasteiger partial charge on any atom is 0.264 e. The summed E-state index contributed by atoms with van der Waals surface area (Å²) < 4.78 is 62.6. The fraction of sp³-hybridized carbons (Fsp3) is 0.160. The molecule has 0 radical (unpaired) electrons. The van der Waals surface area contributed by atoms with Gasteiger partial charge in [-0.15, -0.1) is 0 Å². The molecule has 0 unspecified atom stereocenters. The summed E-state index contributed by atoms with van der Waals surface area (Å²) in [7, 11) is -2.83. The molecule has 4 aromatic rings. The largest absolute Gasteiger partial charge is 0.493 e. The summed E-state index contributed by atoms with van der Waals surface area (Å²) in [5.74, 6) is -2.37. The zero-order valence-corrected chi connectivity index (χ0v) is 21.3. The lowest BCUT2D eigenvalue weighted by atomic mass is 10.1. The van der Waals surface area contributed by atoms with E-state index in [0.29, 0.717) is 11.6 Å². The molecule has 0 atom stereocenters. The molecule has 37 heavy (non-hydrogen) atoms. The third-order valence-electron chi connectivity index (χ3n) is 5.37. The van der Waals surface area contributed by atoms with Crippen LogP contribution in [0.2, 0.25) is 5.02 Å². The molecule has 0 spiro atoms. The summed E-state index contributed by atoms with van der Waals surface area (Å²) in [6.45, 7) is 1.55. The number of amides is 1. The van der Waals surface area contributed by atoms with Gasteiger partial charge in [-0.25, -0.2) is 17.2 Å². The molecule has 0 saturated heterocycles. The number of hydrogen-bond donors (Lipinski definition) is 1. The Balaban J connectivity index is 1.68. The summed E-state index contributed by atoms with van der Waals surface area (Å²) in [6.07, 6.45) is 2.81. The van der Waals surface area contributed by atoms with Crippen molar-refractivity contribution < 1.29 is 26.7 Å². The zero-order chi connectivity index (χ0) is 26.7. The Kier molecular flexibility index (Phi) is 7.55. The second-order valence-electron chi connectivity index (χ2n) is 7.93. The van der Waals surface area contributed by atoms with Crippen molar-refractivity contribution in [2.24, 2.45) is 0 Å². The SMILES string of the molecule is CCOc1cc(F)cc(F)c1CN(C)C(=O)c1ccc(Cl)cc1NS(=O)(=O)c1cccc2nccnc12. The second kappa shape index (κ2) is 10.7. The van der Waals surface area contributed by atoms with E-state index in [1.165, 1.54) is 49.8 Å². The van der Waals surface area contributed by atoms with Gasteiger partial charge in [0.05, 0.1) is 29.9 Å². The van der Waals surface area contributed by atoms with Crippen LogP contribution in [0.15, 0.2) is 65.8 Å². The minimum Gasteiger partial charge on any atom is -0.493 e. The van der Waals surface area contributed by atoms with Crippen molar-refractivity contribution in [1.29, 1.82) is 0 Å². The zero-order valence-electron chi connectivity index (χ0n) is 19.7. The number of para-hydroxylation sites is 1. The van der Waals surface area contributed by atoms with Crippen LogP contribution >= 0.6 is 11.6 Å². The highest BCUT2D eigenvalue weighted by Gasteiger charge is 2.25. The molecular formula is C25H21ClF2N4O4S. The van der Waals surface area contributed by atoms with Gasteiger partial charge in [0.2, 0.25) is 0 Å². The van der Waals surface area contributed by atoms with Crippen molar-refractivity contribution in [2.45, 2.75) is 18.4 Å². The van der Waals surface area contributed by atoms with E-state index in [0.717, 1.165) is 11.0 Å². The van der Waals surface area contributed by atoms with Gasteiger partial charge in [-0.05, 0) is 37.3 Å². The highest BCUT2D eigenvalue weighted by molar-refractivity contribution is 7.93. The van der Waals surface area contributed by atoms with Gasteiger partial charge in [-0.3, -0.25) is 19.5 Å². The van der Waals surface area contributed by atoms with E-state index in [1.54, 1.807) is 13.0 Å². The number of sulfonamides is 1. The number of hydrogen-bond acceptors (Lipinski definition) is 6. The lowest BCUT2D eigenvalue weighted by Gasteiger charge is -2.22. The smallest absolute Gasteiger partial charge is 0.264 e. The van der Waals surface area contributed by atoms with Crippen molar-refractivity contribution in [3.05, 3.63) is 88.7 Å². The van der Waals surface area contributed by atoms with E-state index in [2.05, 4.69) is 14.7 Å². The number of halogens is 3. The normalized spacial score (nSPS) is 11.4. The van der Waals surface area contributed by atoms with Gasteiger partial charge in [0.25, 0.3) is 15.9 Å². The predicted octanol–water partition coefficient (Wildman–Crippen LogP) is 5.03. The maximum atomic E-state index is 14.6. The van der Waals surface area contributed by atoms with Crippen molar-refractivity contribution in [3.8, 4) is 5.75 Å². The first-order chi connectivity index (χ1) is 17.6. The van der Waals surface area contributed by atoms with Crippen LogP contribution in [0.25, 0.3) is 11.0 Å². The predicted molar refractivity (Wildman–Crippen MR) is 135 cm³/mol. The van der Waals surface area contributed by atoms with E-state index in [1.807, 2.05) is 0 Å². The molecule has 0 saturated carbocycles. The average molecular weight is 547 g/mol. The number of rotatable bonds is 8. The van der Waals surface area contributed by atoms with Crippen LogP contribution < -0.4 is 9.46 Å². The first kappa shape index (κ1) is 26.2. The van der Waals surface area contributed by atoms with Gasteiger partial charge in [0, 0.05) is 42.2 Å². The Hall–Kier alpha value is -3.83. The fourth-order valence-corrected chi connectivity index (χ4v) is 5.11. The van der Waals surface area contributed by atoms with E-state index in [9.17, 15) is 22.0 Å². The van der Waals surface area contributed by atoms with E-state index in [-0.39, 0.29) is 51.2 Å². The molecule has 192 valence electrons. The Bertz CT molecular complexity index is 1600. The Morgan fingerprint density at radius 1 is 1.11 bits per heavy atom. The van der Waals surface area contributed by atoms with Crippen LogP contribution in [-0.4, -0.2) is 42.8 Å². The van der Waals surface area contributed by atoms with Crippen LogP contribution in [0.5, 0.6) is 5.75 Å². The summed E-state index contributed by atoms with van der Waals surface area (Å²) in [5, 5.41) is 0.179. The van der Waals surface area contributed by atoms with Crippen LogP contribution in [0, 0.1) is 11.6 Å². The van der Waals surface area contributed by atoms with Crippen LogP contribution in [0.4, 0.5) is 14.5 Å². The number of benzene rings is 3. The van der Waals surface area contributed by atoms with E-state index >= 15 is 0 Å². The molecule has 1 N–H and O–H groups in total. The first-order valence-electron chi connectivity index (χ1n) is 11.0. The number of anilines is 1. The van der Waals surface area contributed by atoms with Crippen LogP contribution in [0.1, 0.15) is 22.8 Å². The van der Waals surface area contributed by atoms with Crippen LogP contribution in [0.3, 0.4) is 0 Å². The van der Waals surface area contributed by atoms with Crippen molar-refractivity contribution in [3.63, 3.8) is 0 Å². The summed E-state index contributed by atoms with van der Waals surface area (Å²) in [4.78, 5) is 22.6. The van der Waals surface area contributed by atoms with Gasteiger partial charge in [-0.1, -0.05) is 17.7 Å². The molecule has 8 nitrogen and oxygen atoms in total. The topological polar surface area (TPSA) is 101 Å². The van der Waals surface area contributed by atoms with Gasteiger partial charge in [0.15, 0.2) is 0 Å². The molecule has 0 fully saturated rings. The van der Waals surface area contributed by atoms with Gasteiger partial charge in [0.1, 0.15) is 27.8 Å². The lowest BCUT2D eigenvalue weighted by Crippen LogP contribution is -2.28. The maximum absolute atomic E-state index is 14.6. The first-order valence-corrected chi connectivity index (χ1v) is 12.8.